The number of pyridine rings is 1. The van der Waals surface area contributed by atoms with Gasteiger partial charge in [0.05, 0.1) is 17.3 Å². The normalized spacial score (nSPS) is 15.9. The van der Waals surface area contributed by atoms with Gasteiger partial charge in [0.2, 0.25) is 15.9 Å². The molecule has 2 aromatic heterocycles. The monoisotopic (exact) mass is 602 g/mol. The van der Waals surface area contributed by atoms with Crippen molar-refractivity contribution in [2.24, 2.45) is 0 Å². The predicted octanol–water partition coefficient (Wildman–Crippen LogP) is 3.43. The number of anilines is 1. The zero-order valence-electron chi connectivity index (χ0n) is 24.1. The van der Waals surface area contributed by atoms with E-state index in [1.165, 1.54) is 28.5 Å². The highest BCUT2D eigenvalue weighted by atomic mass is 32.2. The lowest BCUT2D eigenvalue weighted by atomic mass is 10.1. The number of carbonyl (C=O) groups excluding carboxylic acids is 1. The van der Waals surface area contributed by atoms with Crippen molar-refractivity contribution in [2.45, 2.75) is 50.6 Å². The Morgan fingerprint density at radius 3 is 2.33 bits per heavy atom. The highest BCUT2D eigenvalue weighted by Crippen LogP contribution is 2.26. The largest absolute Gasteiger partial charge is 0.478 e. The minimum Gasteiger partial charge on any atom is -0.478 e. The summed E-state index contributed by atoms with van der Waals surface area (Å²) in [6.45, 7) is 4.59. The van der Waals surface area contributed by atoms with Gasteiger partial charge in [-0.2, -0.15) is 4.31 Å². The summed E-state index contributed by atoms with van der Waals surface area (Å²) in [7, 11) is -4.01. The Kier molecular flexibility index (Phi) is 8.97. The molecule has 2 N–H and O–H groups in total. The number of benzene rings is 2. The number of carboxylic acid groups (broad SMARTS) is 1. The molecule has 1 aliphatic heterocycles. The number of hydrogen-bond acceptors (Lipinski definition) is 8. The van der Waals surface area contributed by atoms with Crippen molar-refractivity contribution in [3.8, 4) is 0 Å². The van der Waals surface area contributed by atoms with Crippen LogP contribution >= 0.6 is 0 Å². The first kappa shape index (κ1) is 30.1. The molecule has 43 heavy (non-hydrogen) atoms. The summed E-state index contributed by atoms with van der Waals surface area (Å²) in [6.07, 6.45) is 6.90. The van der Waals surface area contributed by atoms with Crippen molar-refractivity contribution in [2.75, 3.05) is 24.5 Å². The highest BCUT2D eigenvalue weighted by Gasteiger charge is 2.40. The van der Waals surface area contributed by atoms with Gasteiger partial charge in [0.15, 0.2) is 0 Å². The lowest BCUT2D eigenvalue weighted by Crippen LogP contribution is -2.60. The van der Waals surface area contributed by atoms with Gasteiger partial charge in [-0.05, 0) is 41.7 Å². The van der Waals surface area contributed by atoms with Crippen molar-refractivity contribution in [1.82, 2.24) is 24.6 Å². The Labute approximate surface area is 250 Å². The molecule has 1 atom stereocenters. The van der Waals surface area contributed by atoms with Crippen LogP contribution < -0.4 is 10.2 Å². The van der Waals surface area contributed by atoms with E-state index in [1.54, 1.807) is 29.2 Å². The third-order valence-electron chi connectivity index (χ3n) is 7.60. The number of aryl methyl sites for hydroxylation is 2. The summed E-state index contributed by atoms with van der Waals surface area (Å²) in [5.74, 6) is -1.29. The van der Waals surface area contributed by atoms with Gasteiger partial charge in [0.1, 0.15) is 28.5 Å². The molecule has 1 saturated heterocycles. The van der Waals surface area contributed by atoms with Crippen LogP contribution in [0.4, 0.5) is 5.82 Å². The molecular weight excluding hydrogens is 568 g/mol. The van der Waals surface area contributed by atoms with Gasteiger partial charge in [-0.15, -0.1) is 0 Å². The topological polar surface area (TPSA) is 146 Å². The van der Waals surface area contributed by atoms with Gasteiger partial charge in [-0.3, -0.25) is 9.78 Å². The summed E-state index contributed by atoms with van der Waals surface area (Å²) in [5, 5.41) is 12.5. The van der Waals surface area contributed by atoms with E-state index in [1.807, 2.05) is 31.2 Å². The zero-order chi connectivity index (χ0) is 30.6. The molecule has 1 unspecified atom stereocenters. The molecule has 4 aromatic rings. The molecule has 0 saturated carbocycles. The number of hydrogen-bond donors (Lipinski definition) is 2. The summed E-state index contributed by atoms with van der Waals surface area (Å²) < 4.78 is 28.9. The van der Waals surface area contributed by atoms with Gasteiger partial charge in [-0.1, -0.05) is 56.7 Å². The fourth-order valence-electron chi connectivity index (χ4n) is 5.16. The molecule has 11 nitrogen and oxygen atoms in total. The lowest BCUT2D eigenvalue weighted by molar-refractivity contribution is -0.125. The molecular formula is C31H34N6O5S. The second-order valence-electron chi connectivity index (χ2n) is 10.4. The number of sulfonamides is 1. The maximum Gasteiger partial charge on any atom is 0.339 e. The van der Waals surface area contributed by atoms with Crippen LogP contribution in [0.15, 0.2) is 72.0 Å². The fourth-order valence-corrected chi connectivity index (χ4v) is 6.73. The SMILES string of the molecule is CCCc1ccc(CNC(=O)C2CN(c3cnc4cncc(C(=O)O)c4n3)CCN2S(=O)(=O)c2ccc(CC)cc2)cc1. The number of nitrogens with zero attached hydrogens (tertiary/aromatic N) is 5. The van der Waals surface area contributed by atoms with E-state index >= 15 is 0 Å². The van der Waals surface area contributed by atoms with Crippen LogP contribution in [-0.2, 0) is 34.2 Å². The van der Waals surface area contributed by atoms with Gasteiger partial charge in [-0.25, -0.2) is 23.2 Å². The number of nitrogens with one attached hydrogen (secondary N) is 1. The van der Waals surface area contributed by atoms with Crippen LogP contribution in [0.5, 0.6) is 0 Å². The van der Waals surface area contributed by atoms with Crippen molar-refractivity contribution < 1.29 is 23.1 Å². The zero-order valence-corrected chi connectivity index (χ0v) is 24.9. The number of amides is 1. The van der Waals surface area contributed by atoms with Gasteiger partial charge >= 0.3 is 5.97 Å². The van der Waals surface area contributed by atoms with Gasteiger partial charge in [0, 0.05) is 32.4 Å². The van der Waals surface area contributed by atoms with Crippen LogP contribution in [0.1, 0.15) is 47.3 Å². The van der Waals surface area contributed by atoms with E-state index in [0.717, 1.165) is 30.4 Å². The molecule has 3 heterocycles. The Hall–Kier alpha value is -4.42. The number of aromatic carboxylic acids is 1. The van der Waals surface area contributed by atoms with Crippen molar-refractivity contribution in [3.63, 3.8) is 0 Å². The first-order valence-corrected chi connectivity index (χ1v) is 15.7. The molecule has 0 bridgehead atoms. The number of fused-ring (bicyclic) bond motifs is 1. The highest BCUT2D eigenvalue weighted by molar-refractivity contribution is 7.89. The van der Waals surface area contributed by atoms with E-state index in [4.69, 9.17) is 0 Å². The van der Waals surface area contributed by atoms with E-state index in [-0.39, 0.29) is 42.2 Å². The Morgan fingerprint density at radius 2 is 1.65 bits per heavy atom. The predicted molar refractivity (Wildman–Crippen MR) is 162 cm³/mol. The summed E-state index contributed by atoms with van der Waals surface area (Å²) >= 11 is 0. The maximum absolute atomic E-state index is 13.8. The van der Waals surface area contributed by atoms with Crippen molar-refractivity contribution in [3.05, 3.63) is 89.4 Å². The minimum atomic E-state index is -4.01. The van der Waals surface area contributed by atoms with E-state index in [0.29, 0.717) is 11.3 Å². The smallest absolute Gasteiger partial charge is 0.339 e. The maximum atomic E-state index is 13.8. The Balaban J connectivity index is 1.44. The second kappa shape index (κ2) is 12.8. The fraction of sp³-hybridized carbons (Fsp3) is 0.323. The van der Waals surface area contributed by atoms with Gasteiger partial charge < -0.3 is 15.3 Å². The van der Waals surface area contributed by atoms with E-state index in [2.05, 4.69) is 27.2 Å². The standard InChI is InChI=1S/C31H34N6O5S/c1-3-5-22-6-8-23(9-7-22)16-34-30(38)27-20-36(28-19-33-26-18-32-17-25(31(39)40)29(26)35-28)14-15-37(27)43(41,42)24-12-10-21(4-2)11-13-24/h6-13,17-19,27H,3-5,14-16,20H2,1-2H3,(H,34,38)(H,39,40). The number of carbonyl (C=O) groups is 2. The summed E-state index contributed by atoms with van der Waals surface area (Å²) in [4.78, 5) is 40.1. The van der Waals surface area contributed by atoms with Crippen LogP contribution in [0.2, 0.25) is 0 Å². The average Bonchev–Trinajstić information content (AvgIpc) is 3.03. The molecule has 1 amide bonds. The third kappa shape index (κ3) is 6.50. The van der Waals surface area contributed by atoms with Crippen LogP contribution in [0.25, 0.3) is 11.0 Å². The molecule has 1 fully saturated rings. The number of piperazine rings is 1. The van der Waals surface area contributed by atoms with Crippen molar-refractivity contribution in [1.29, 1.82) is 0 Å². The van der Waals surface area contributed by atoms with Crippen LogP contribution in [0, 0.1) is 0 Å². The molecule has 12 heteroatoms. The molecule has 0 aliphatic carbocycles. The average molecular weight is 603 g/mol. The molecule has 0 radical (unpaired) electrons. The Bertz CT molecular complexity index is 1730. The van der Waals surface area contributed by atoms with E-state index < -0.39 is 27.9 Å². The third-order valence-corrected chi connectivity index (χ3v) is 9.52. The van der Waals surface area contributed by atoms with Crippen molar-refractivity contribution >= 4 is 38.8 Å². The molecule has 224 valence electrons. The molecule has 5 rings (SSSR count). The molecule has 0 spiro atoms. The number of carboxylic acids is 1. The lowest BCUT2D eigenvalue weighted by Gasteiger charge is -2.40. The number of aromatic nitrogens is 3. The van der Waals surface area contributed by atoms with Crippen LogP contribution in [0.3, 0.4) is 0 Å². The van der Waals surface area contributed by atoms with Gasteiger partial charge in [0.25, 0.3) is 0 Å². The van der Waals surface area contributed by atoms with E-state index in [9.17, 15) is 23.1 Å². The summed E-state index contributed by atoms with van der Waals surface area (Å²) in [5.41, 5.74) is 3.51. The molecule has 2 aromatic carbocycles. The molecule has 1 aliphatic rings. The first-order chi connectivity index (χ1) is 20.7. The second-order valence-corrected chi connectivity index (χ2v) is 12.3. The first-order valence-electron chi connectivity index (χ1n) is 14.3. The number of rotatable bonds is 10. The summed E-state index contributed by atoms with van der Waals surface area (Å²) in [6, 6.07) is 13.6. The Morgan fingerprint density at radius 1 is 0.953 bits per heavy atom. The minimum absolute atomic E-state index is 0.00121. The quantitative estimate of drug-likeness (QED) is 0.279. The van der Waals surface area contributed by atoms with Crippen LogP contribution in [-0.4, -0.2) is 70.3 Å².